The van der Waals surface area contributed by atoms with E-state index in [0.717, 1.165) is 0 Å². The molecule has 0 saturated carbocycles. The first-order chi connectivity index (χ1) is 7.66. The maximum atomic E-state index is 13.1. The van der Waals surface area contributed by atoms with Crippen LogP contribution in [0.25, 0.3) is 0 Å². The van der Waals surface area contributed by atoms with Crippen LogP contribution >= 0.6 is 0 Å². The van der Waals surface area contributed by atoms with Crippen molar-refractivity contribution in [2.75, 3.05) is 0 Å². The van der Waals surface area contributed by atoms with Crippen molar-refractivity contribution in [1.29, 1.82) is 0 Å². The third-order valence-corrected chi connectivity index (χ3v) is 1.77. The van der Waals surface area contributed by atoms with E-state index in [2.05, 4.69) is 4.98 Å². The largest absolute Gasteiger partial charge is 0.478 e. The van der Waals surface area contributed by atoms with Gasteiger partial charge in [0.2, 0.25) is 0 Å². The van der Waals surface area contributed by atoms with Crippen molar-refractivity contribution in [3.05, 3.63) is 28.8 Å². The second kappa shape index (κ2) is 4.22. The number of pyridine rings is 1. The molecule has 1 aromatic rings. The van der Waals surface area contributed by atoms with E-state index in [1.165, 1.54) is 0 Å². The standard InChI is InChI=1S/C8H3F6NO2/c9-4-3(6(10)11)2(7(16)17)1-15-5(4)8(12,13)14/h1,6H,(H,16,17). The Morgan fingerprint density at radius 3 is 2.24 bits per heavy atom. The van der Waals surface area contributed by atoms with E-state index in [1.807, 2.05) is 0 Å². The maximum Gasteiger partial charge on any atom is 0.436 e. The SMILES string of the molecule is O=C(O)c1cnc(C(F)(F)F)c(F)c1C(F)F. The van der Waals surface area contributed by atoms with Crippen LogP contribution < -0.4 is 0 Å². The van der Waals surface area contributed by atoms with E-state index in [-0.39, 0.29) is 6.20 Å². The molecule has 0 aromatic carbocycles. The van der Waals surface area contributed by atoms with Crippen molar-refractivity contribution in [2.24, 2.45) is 0 Å². The second-order valence-electron chi connectivity index (χ2n) is 2.85. The van der Waals surface area contributed by atoms with Gasteiger partial charge in [-0.25, -0.2) is 22.9 Å². The lowest BCUT2D eigenvalue weighted by atomic mass is 10.1. The maximum absolute atomic E-state index is 13.1. The molecule has 0 aliphatic rings. The number of aromatic nitrogens is 1. The summed E-state index contributed by atoms with van der Waals surface area (Å²) in [6.07, 6.45) is -8.91. The number of alkyl halides is 5. The van der Waals surface area contributed by atoms with Crippen molar-refractivity contribution in [3.8, 4) is 0 Å². The summed E-state index contributed by atoms with van der Waals surface area (Å²) in [6, 6.07) is 0. The van der Waals surface area contributed by atoms with Crippen molar-refractivity contribution < 1.29 is 36.2 Å². The predicted molar refractivity (Wildman–Crippen MR) is 41.1 cm³/mol. The molecule has 3 nitrogen and oxygen atoms in total. The first-order valence-corrected chi connectivity index (χ1v) is 3.93. The lowest BCUT2D eigenvalue weighted by Gasteiger charge is -2.11. The highest BCUT2D eigenvalue weighted by Gasteiger charge is 2.39. The van der Waals surface area contributed by atoms with Gasteiger partial charge in [0.15, 0.2) is 11.5 Å². The highest BCUT2D eigenvalue weighted by molar-refractivity contribution is 5.89. The molecule has 94 valence electrons. The van der Waals surface area contributed by atoms with E-state index in [1.54, 1.807) is 0 Å². The number of hydrogen-bond donors (Lipinski definition) is 1. The van der Waals surface area contributed by atoms with Gasteiger partial charge >= 0.3 is 12.1 Å². The molecule has 0 bridgehead atoms. The molecular formula is C8H3F6NO2. The average Bonchev–Trinajstić information content (AvgIpc) is 2.13. The zero-order valence-electron chi connectivity index (χ0n) is 7.73. The number of carboxylic acids is 1. The highest BCUT2D eigenvalue weighted by atomic mass is 19.4. The van der Waals surface area contributed by atoms with Gasteiger partial charge in [-0.15, -0.1) is 0 Å². The van der Waals surface area contributed by atoms with Crippen LogP contribution in [-0.2, 0) is 6.18 Å². The van der Waals surface area contributed by atoms with Crippen molar-refractivity contribution in [2.45, 2.75) is 12.6 Å². The van der Waals surface area contributed by atoms with Gasteiger partial charge in [-0.2, -0.15) is 13.2 Å². The number of halogens is 6. The van der Waals surface area contributed by atoms with Crippen molar-refractivity contribution in [1.82, 2.24) is 4.98 Å². The van der Waals surface area contributed by atoms with Crippen LogP contribution in [0, 0.1) is 5.82 Å². The Morgan fingerprint density at radius 1 is 1.35 bits per heavy atom. The van der Waals surface area contributed by atoms with Gasteiger partial charge in [0.1, 0.15) is 0 Å². The van der Waals surface area contributed by atoms with Crippen LogP contribution in [0.2, 0.25) is 0 Å². The lowest BCUT2D eigenvalue weighted by Crippen LogP contribution is -2.16. The predicted octanol–water partition coefficient (Wildman–Crippen LogP) is 2.88. The van der Waals surface area contributed by atoms with Crippen LogP contribution in [0.3, 0.4) is 0 Å². The molecule has 9 heteroatoms. The molecule has 0 fully saturated rings. The molecule has 0 unspecified atom stereocenters. The minimum Gasteiger partial charge on any atom is -0.478 e. The second-order valence-corrected chi connectivity index (χ2v) is 2.85. The van der Waals surface area contributed by atoms with E-state index in [4.69, 9.17) is 5.11 Å². The topological polar surface area (TPSA) is 50.2 Å². The summed E-state index contributed by atoms with van der Waals surface area (Å²) < 4.78 is 74.1. The minimum absolute atomic E-state index is 0.0513. The fraction of sp³-hybridized carbons (Fsp3) is 0.250. The van der Waals surface area contributed by atoms with Gasteiger partial charge < -0.3 is 5.11 Å². The van der Waals surface area contributed by atoms with Gasteiger partial charge in [-0.1, -0.05) is 0 Å². The Balaban J connectivity index is 3.55. The Kier molecular flexibility index (Phi) is 3.30. The third-order valence-electron chi connectivity index (χ3n) is 1.77. The Morgan fingerprint density at radius 2 is 1.88 bits per heavy atom. The Hall–Kier alpha value is -1.80. The molecule has 0 aliphatic heterocycles. The molecule has 1 heterocycles. The van der Waals surface area contributed by atoms with Gasteiger partial charge in [0, 0.05) is 6.20 Å². The quantitative estimate of drug-likeness (QED) is 0.831. The van der Waals surface area contributed by atoms with Gasteiger partial charge in [-0.05, 0) is 0 Å². The zero-order chi connectivity index (χ0) is 13.4. The molecule has 1 N–H and O–H groups in total. The molecule has 0 saturated heterocycles. The summed E-state index contributed by atoms with van der Waals surface area (Å²) in [5, 5.41) is 8.41. The lowest BCUT2D eigenvalue weighted by molar-refractivity contribution is -0.144. The van der Waals surface area contributed by atoms with Crippen molar-refractivity contribution in [3.63, 3.8) is 0 Å². The number of carbonyl (C=O) groups is 1. The highest BCUT2D eigenvalue weighted by Crippen LogP contribution is 2.35. The first kappa shape index (κ1) is 13.3. The number of hydrogen-bond acceptors (Lipinski definition) is 2. The summed E-state index contributed by atoms with van der Waals surface area (Å²) in [5.74, 6) is -4.35. The molecule has 17 heavy (non-hydrogen) atoms. The first-order valence-electron chi connectivity index (χ1n) is 3.93. The van der Waals surface area contributed by atoms with E-state index in [9.17, 15) is 31.1 Å². The Labute approximate surface area is 89.7 Å². The molecule has 1 aromatic heterocycles. The van der Waals surface area contributed by atoms with E-state index >= 15 is 0 Å². The van der Waals surface area contributed by atoms with E-state index in [0.29, 0.717) is 0 Å². The number of nitrogens with zero attached hydrogens (tertiary/aromatic N) is 1. The van der Waals surface area contributed by atoms with Crippen LogP contribution in [0.5, 0.6) is 0 Å². The molecule has 0 amide bonds. The van der Waals surface area contributed by atoms with Crippen LogP contribution in [0.1, 0.15) is 28.0 Å². The smallest absolute Gasteiger partial charge is 0.436 e. The number of aromatic carboxylic acids is 1. The van der Waals surface area contributed by atoms with Gasteiger partial charge in [0.25, 0.3) is 6.43 Å². The molecule has 0 aliphatic carbocycles. The molecule has 0 radical (unpaired) electrons. The van der Waals surface area contributed by atoms with Crippen molar-refractivity contribution >= 4 is 5.97 Å². The molecular weight excluding hydrogens is 256 g/mol. The monoisotopic (exact) mass is 259 g/mol. The molecule has 1 rings (SSSR count). The summed E-state index contributed by atoms with van der Waals surface area (Å²) in [6.45, 7) is 0. The summed E-state index contributed by atoms with van der Waals surface area (Å²) in [5.41, 5.74) is -5.29. The fourth-order valence-corrected chi connectivity index (χ4v) is 1.08. The number of rotatable bonds is 2. The molecule has 0 spiro atoms. The summed E-state index contributed by atoms with van der Waals surface area (Å²) in [7, 11) is 0. The normalized spacial score (nSPS) is 11.9. The fourth-order valence-electron chi connectivity index (χ4n) is 1.08. The third kappa shape index (κ3) is 2.48. The Bertz CT molecular complexity index is 456. The van der Waals surface area contributed by atoms with E-state index < -0.39 is 41.2 Å². The van der Waals surface area contributed by atoms with Crippen LogP contribution in [-0.4, -0.2) is 16.1 Å². The average molecular weight is 259 g/mol. The minimum atomic E-state index is -5.27. The summed E-state index contributed by atoms with van der Waals surface area (Å²) in [4.78, 5) is 12.9. The van der Waals surface area contributed by atoms with Gasteiger partial charge in [0.05, 0.1) is 11.1 Å². The molecule has 0 atom stereocenters. The van der Waals surface area contributed by atoms with Crippen LogP contribution in [0.4, 0.5) is 26.3 Å². The summed E-state index contributed by atoms with van der Waals surface area (Å²) >= 11 is 0. The van der Waals surface area contributed by atoms with Gasteiger partial charge in [-0.3, -0.25) is 0 Å². The van der Waals surface area contributed by atoms with Crippen LogP contribution in [0.15, 0.2) is 6.20 Å². The number of carboxylic acid groups (broad SMARTS) is 1. The zero-order valence-corrected chi connectivity index (χ0v) is 7.73.